The van der Waals surface area contributed by atoms with Gasteiger partial charge in [-0.2, -0.15) is 0 Å². The van der Waals surface area contributed by atoms with Crippen molar-refractivity contribution < 1.29 is 9.84 Å². The lowest BCUT2D eigenvalue weighted by Crippen LogP contribution is -1.98. The molecule has 1 heterocycles. The number of allylic oxidation sites excluding steroid dienone is 2. The highest BCUT2D eigenvalue weighted by molar-refractivity contribution is 5.70. The van der Waals surface area contributed by atoms with Gasteiger partial charge in [0.05, 0.1) is 6.26 Å². The number of phenolic OH excluding ortho intramolecular Hbond substituents is 1. The first-order valence-electron chi connectivity index (χ1n) is 6.22. The van der Waals surface area contributed by atoms with E-state index in [9.17, 15) is 5.11 Å². The molecule has 0 saturated carbocycles. The summed E-state index contributed by atoms with van der Waals surface area (Å²) >= 11 is 0. The molecule has 0 radical (unpaired) electrons. The van der Waals surface area contributed by atoms with E-state index in [4.69, 9.17) is 4.74 Å². The van der Waals surface area contributed by atoms with Gasteiger partial charge in [-0.15, -0.1) is 0 Å². The summed E-state index contributed by atoms with van der Waals surface area (Å²) in [6, 6.07) is 15.4. The topological polar surface area (TPSA) is 29.5 Å². The van der Waals surface area contributed by atoms with Crippen molar-refractivity contribution in [3.8, 4) is 16.9 Å². The van der Waals surface area contributed by atoms with Gasteiger partial charge in [-0.25, -0.2) is 0 Å². The van der Waals surface area contributed by atoms with Gasteiger partial charge >= 0.3 is 0 Å². The molecule has 1 aliphatic rings. The molecule has 0 fully saturated rings. The molecule has 2 heteroatoms. The highest BCUT2D eigenvalue weighted by atomic mass is 16.5. The third-order valence-electron chi connectivity index (χ3n) is 3.16. The second-order valence-corrected chi connectivity index (χ2v) is 4.41. The van der Waals surface area contributed by atoms with Crippen LogP contribution >= 0.6 is 0 Å². The standard InChI is InChI=1S/C17H14O2/c18-16-6-2-1-5-15(16)13-8-10-14(11-9-13)17-7-3-4-12-19-17/h1-12,17-18H. The minimum atomic E-state index is -0.0246. The van der Waals surface area contributed by atoms with E-state index in [1.807, 2.05) is 60.7 Å². The first-order valence-corrected chi connectivity index (χ1v) is 6.22. The summed E-state index contributed by atoms with van der Waals surface area (Å²) < 4.78 is 5.52. The molecule has 0 bridgehead atoms. The van der Waals surface area contributed by atoms with Gasteiger partial charge in [0.15, 0.2) is 0 Å². The van der Waals surface area contributed by atoms with Crippen molar-refractivity contribution in [2.45, 2.75) is 6.10 Å². The van der Waals surface area contributed by atoms with Crippen LogP contribution in [0.25, 0.3) is 11.1 Å². The van der Waals surface area contributed by atoms with E-state index in [0.29, 0.717) is 5.75 Å². The Morgan fingerprint density at radius 2 is 1.68 bits per heavy atom. The van der Waals surface area contributed by atoms with Crippen LogP contribution in [0.1, 0.15) is 11.7 Å². The van der Waals surface area contributed by atoms with Crippen molar-refractivity contribution in [3.63, 3.8) is 0 Å². The molecule has 0 saturated heterocycles. The van der Waals surface area contributed by atoms with Crippen LogP contribution in [0.5, 0.6) is 5.75 Å². The van der Waals surface area contributed by atoms with E-state index in [-0.39, 0.29) is 6.10 Å². The first-order chi connectivity index (χ1) is 9.34. The molecule has 1 atom stereocenters. The summed E-state index contributed by atoms with van der Waals surface area (Å²) in [5.74, 6) is 0.298. The molecule has 0 amide bonds. The normalized spacial score (nSPS) is 17.2. The van der Waals surface area contributed by atoms with Crippen molar-refractivity contribution in [3.05, 3.63) is 78.6 Å². The van der Waals surface area contributed by atoms with Crippen LogP contribution in [-0.2, 0) is 4.74 Å². The lowest BCUT2D eigenvalue weighted by Gasteiger charge is -2.15. The monoisotopic (exact) mass is 250 g/mol. The maximum atomic E-state index is 9.84. The van der Waals surface area contributed by atoms with Crippen molar-refractivity contribution in [1.29, 1.82) is 0 Å². The molecule has 0 aromatic heterocycles. The predicted molar refractivity (Wildman–Crippen MR) is 75.6 cm³/mol. The van der Waals surface area contributed by atoms with E-state index >= 15 is 0 Å². The predicted octanol–water partition coefficient (Wildman–Crippen LogP) is 4.20. The smallest absolute Gasteiger partial charge is 0.141 e. The fourth-order valence-electron chi connectivity index (χ4n) is 2.15. The van der Waals surface area contributed by atoms with Crippen LogP contribution in [0, 0.1) is 0 Å². The second kappa shape index (κ2) is 5.02. The number of para-hydroxylation sites is 1. The van der Waals surface area contributed by atoms with Gasteiger partial charge in [-0.05, 0) is 29.3 Å². The largest absolute Gasteiger partial charge is 0.507 e. The Labute approximate surface area is 112 Å². The van der Waals surface area contributed by atoms with Crippen LogP contribution in [0.15, 0.2) is 73.0 Å². The summed E-state index contributed by atoms with van der Waals surface area (Å²) in [5, 5.41) is 9.84. The molecule has 2 aromatic rings. The summed E-state index contributed by atoms with van der Waals surface area (Å²) in [6.45, 7) is 0. The summed E-state index contributed by atoms with van der Waals surface area (Å²) in [7, 11) is 0. The molecule has 94 valence electrons. The van der Waals surface area contributed by atoms with Gasteiger partial charge in [0.25, 0.3) is 0 Å². The molecule has 2 aromatic carbocycles. The van der Waals surface area contributed by atoms with Gasteiger partial charge in [0.2, 0.25) is 0 Å². The Morgan fingerprint density at radius 1 is 0.895 bits per heavy atom. The SMILES string of the molecule is Oc1ccccc1-c1ccc(C2C=CC=CO2)cc1. The van der Waals surface area contributed by atoms with Crippen LogP contribution in [0.3, 0.4) is 0 Å². The summed E-state index contributed by atoms with van der Waals surface area (Å²) in [4.78, 5) is 0. The van der Waals surface area contributed by atoms with Crippen LogP contribution < -0.4 is 0 Å². The van der Waals surface area contributed by atoms with Crippen molar-refractivity contribution in [1.82, 2.24) is 0 Å². The van der Waals surface area contributed by atoms with Gasteiger partial charge in [-0.1, -0.05) is 48.5 Å². The minimum Gasteiger partial charge on any atom is -0.507 e. The maximum Gasteiger partial charge on any atom is 0.141 e. The fraction of sp³-hybridized carbons (Fsp3) is 0.0588. The number of hydrogen-bond donors (Lipinski definition) is 1. The Kier molecular flexibility index (Phi) is 3.07. The van der Waals surface area contributed by atoms with Crippen LogP contribution in [0.2, 0.25) is 0 Å². The Morgan fingerprint density at radius 3 is 2.37 bits per heavy atom. The number of benzene rings is 2. The molecule has 1 unspecified atom stereocenters. The zero-order valence-corrected chi connectivity index (χ0v) is 10.4. The highest BCUT2D eigenvalue weighted by Crippen LogP contribution is 2.30. The number of phenols is 1. The molecule has 3 rings (SSSR count). The molecule has 19 heavy (non-hydrogen) atoms. The van der Waals surface area contributed by atoms with Crippen molar-refractivity contribution in [2.75, 3.05) is 0 Å². The van der Waals surface area contributed by atoms with E-state index in [1.165, 1.54) is 0 Å². The van der Waals surface area contributed by atoms with Gasteiger partial charge in [0.1, 0.15) is 11.9 Å². The van der Waals surface area contributed by atoms with Crippen molar-refractivity contribution in [2.24, 2.45) is 0 Å². The maximum absolute atomic E-state index is 9.84. The minimum absolute atomic E-state index is 0.0246. The van der Waals surface area contributed by atoms with Crippen molar-refractivity contribution >= 4 is 0 Å². The average molecular weight is 250 g/mol. The molecule has 1 aliphatic heterocycles. The molecule has 0 spiro atoms. The molecule has 1 N–H and O–H groups in total. The van der Waals surface area contributed by atoms with Gasteiger partial charge in [-0.3, -0.25) is 0 Å². The van der Waals surface area contributed by atoms with E-state index in [0.717, 1.165) is 16.7 Å². The van der Waals surface area contributed by atoms with E-state index < -0.39 is 0 Å². The number of hydrogen-bond acceptors (Lipinski definition) is 2. The highest BCUT2D eigenvalue weighted by Gasteiger charge is 2.10. The molecule has 2 nitrogen and oxygen atoms in total. The zero-order valence-electron chi connectivity index (χ0n) is 10.4. The number of ether oxygens (including phenoxy) is 1. The number of rotatable bonds is 2. The third kappa shape index (κ3) is 2.38. The molecule has 0 aliphatic carbocycles. The average Bonchev–Trinajstić information content (AvgIpc) is 2.49. The van der Waals surface area contributed by atoms with E-state index in [1.54, 1.807) is 12.3 Å². The Balaban J connectivity index is 1.89. The zero-order chi connectivity index (χ0) is 13.1. The van der Waals surface area contributed by atoms with Gasteiger partial charge in [0, 0.05) is 5.56 Å². The summed E-state index contributed by atoms with van der Waals surface area (Å²) in [6.07, 6.45) is 7.53. The molecular formula is C17H14O2. The van der Waals surface area contributed by atoms with Gasteiger partial charge < -0.3 is 9.84 Å². The lowest BCUT2D eigenvalue weighted by atomic mass is 10.0. The van der Waals surface area contributed by atoms with Crippen LogP contribution in [-0.4, -0.2) is 5.11 Å². The first kappa shape index (κ1) is 11.6. The quantitative estimate of drug-likeness (QED) is 0.865. The Bertz CT molecular complexity index is 624. The lowest BCUT2D eigenvalue weighted by molar-refractivity contribution is 0.186. The van der Waals surface area contributed by atoms with E-state index in [2.05, 4.69) is 0 Å². The molecular weight excluding hydrogens is 236 g/mol. The van der Waals surface area contributed by atoms with Crippen LogP contribution in [0.4, 0.5) is 0 Å². The second-order valence-electron chi connectivity index (χ2n) is 4.41. The third-order valence-corrected chi connectivity index (χ3v) is 3.16. The fourth-order valence-corrected chi connectivity index (χ4v) is 2.15. The number of aromatic hydroxyl groups is 1. The Hall–Kier alpha value is -2.48. The summed E-state index contributed by atoms with van der Waals surface area (Å²) in [5.41, 5.74) is 2.94.